The van der Waals surface area contributed by atoms with Crippen LogP contribution in [0.2, 0.25) is 0 Å². The second-order valence-electron chi connectivity index (χ2n) is 6.02. The summed E-state index contributed by atoms with van der Waals surface area (Å²) in [6.45, 7) is 11.6. The summed E-state index contributed by atoms with van der Waals surface area (Å²) in [5, 5.41) is 13.3. The van der Waals surface area contributed by atoms with Crippen molar-refractivity contribution < 1.29 is 14.7 Å². The molecule has 1 aromatic heterocycles. The molecule has 1 amide bonds. The molecule has 0 atom stereocenters. The van der Waals surface area contributed by atoms with Crippen molar-refractivity contribution in [3.05, 3.63) is 17.0 Å². The number of aromatic nitrogens is 2. The summed E-state index contributed by atoms with van der Waals surface area (Å²) in [6, 6.07) is 0. The van der Waals surface area contributed by atoms with Crippen LogP contribution in [-0.4, -0.2) is 44.8 Å². The molecule has 0 aliphatic heterocycles. The summed E-state index contributed by atoms with van der Waals surface area (Å²) >= 11 is 0. The molecule has 22 heavy (non-hydrogen) atoms. The predicted molar refractivity (Wildman–Crippen MR) is 84.7 cm³/mol. The Kier molecular flexibility index (Phi) is 6.59. The number of carboxylic acids is 1. The summed E-state index contributed by atoms with van der Waals surface area (Å²) < 4.78 is 1.95. The topological polar surface area (TPSA) is 75.4 Å². The van der Waals surface area contributed by atoms with Crippen molar-refractivity contribution in [2.75, 3.05) is 13.1 Å². The van der Waals surface area contributed by atoms with Crippen LogP contribution < -0.4 is 0 Å². The predicted octanol–water partition coefficient (Wildman–Crippen LogP) is 2.02. The molecule has 0 aromatic carbocycles. The summed E-state index contributed by atoms with van der Waals surface area (Å²) in [7, 11) is 0. The highest BCUT2D eigenvalue weighted by Gasteiger charge is 2.19. The Bertz CT molecular complexity index is 535. The number of carbonyl (C=O) groups excluding carboxylic acids is 1. The van der Waals surface area contributed by atoms with E-state index in [0.29, 0.717) is 12.5 Å². The molecule has 0 saturated carbocycles. The standard InChI is InChI=1S/C16H27N3O3/c1-6-18(8-7-16(21)22)15(20)9-14-12(4)17-19(13(14)5)10-11(2)3/h11H,6-10H2,1-5H3,(H,21,22). The van der Waals surface area contributed by atoms with Gasteiger partial charge < -0.3 is 10.0 Å². The van der Waals surface area contributed by atoms with E-state index < -0.39 is 5.97 Å². The smallest absolute Gasteiger partial charge is 0.305 e. The normalized spacial score (nSPS) is 11.0. The Morgan fingerprint density at radius 3 is 2.45 bits per heavy atom. The van der Waals surface area contributed by atoms with Crippen LogP contribution in [0.4, 0.5) is 0 Å². The van der Waals surface area contributed by atoms with Gasteiger partial charge in [-0.25, -0.2) is 0 Å². The van der Waals surface area contributed by atoms with Crippen LogP contribution in [0.5, 0.6) is 0 Å². The number of rotatable bonds is 8. The zero-order valence-electron chi connectivity index (χ0n) is 14.2. The van der Waals surface area contributed by atoms with Crippen molar-refractivity contribution in [1.82, 2.24) is 14.7 Å². The molecule has 1 heterocycles. The number of amides is 1. The van der Waals surface area contributed by atoms with Crippen LogP contribution in [0.1, 0.15) is 44.1 Å². The number of likely N-dealkylation sites (N-methyl/N-ethyl adjacent to an activating group) is 1. The van der Waals surface area contributed by atoms with E-state index in [2.05, 4.69) is 18.9 Å². The third kappa shape index (κ3) is 4.86. The molecule has 1 aromatic rings. The van der Waals surface area contributed by atoms with E-state index in [4.69, 9.17) is 5.11 Å². The maximum absolute atomic E-state index is 12.4. The van der Waals surface area contributed by atoms with Gasteiger partial charge in [0.15, 0.2) is 0 Å². The molecule has 0 aliphatic carbocycles. The first-order chi connectivity index (χ1) is 10.3. The van der Waals surface area contributed by atoms with Gasteiger partial charge in [0.1, 0.15) is 0 Å². The number of aryl methyl sites for hydroxylation is 1. The molecule has 0 spiro atoms. The summed E-state index contributed by atoms with van der Waals surface area (Å²) in [5.41, 5.74) is 2.86. The molecule has 0 fully saturated rings. The highest BCUT2D eigenvalue weighted by Crippen LogP contribution is 2.16. The van der Waals surface area contributed by atoms with E-state index in [1.165, 1.54) is 0 Å². The highest BCUT2D eigenvalue weighted by molar-refractivity contribution is 5.80. The van der Waals surface area contributed by atoms with Crippen LogP contribution in [-0.2, 0) is 22.6 Å². The molecule has 124 valence electrons. The van der Waals surface area contributed by atoms with Crippen molar-refractivity contribution in [2.45, 2.75) is 54.0 Å². The number of nitrogens with zero attached hydrogens (tertiary/aromatic N) is 3. The van der Waals surface area contributed by atoms with E-state index in [1.54, 1.807) is 4.90 Å². The van der Waals surface area contributed by atoms with Crippen LogP contribution >= 0.6 is 0 Å². The van der Waals surface area contributed by atoms with E-state index in [9.17, 15) is 9.59 Å². The molecule has 0 saturated heterocycles. The summed E-state index contributed by atoms with van der Waals surface area (Å²) in [5.74, 6) is -0.438. The fraction of sp³-hybridized carbons (Fsp3) is 0.688. The lowest BCUT2D eigenvalue weighted by Crippen LogP contribution is -2.34. The number of hydrogen-bond acceptors (Lipinski definition) is 3. The molecule has 1 N–H and O–H groups in total. The molecular formula is C16H27N3O3. The van der Waals surface area contributed by atoms with Gasteiger partial charge in [-0.15, -0.1) is 0 Å². The van der Waals surface area contributed by atoms with E-state index >= 15 is 0 Å². The molecule has 0 aliphatic rings. The quantitative estimate of drug-likeness (QED) is 0.797. The minimum absolute atomic E-state index is 0.0237. The van der Waals surface area contributed by atoms with Gasteiger partial charge in [0.25, 0.3) is 0 Å². The lowest BCUT2D eigenvalue weighted by molar-refractivity contribution is -0.138. The van der Waals surface area contributed by atoms with E-state index in [-0.39, 0.29) is 25.3 Å². The van der Waals surface area contributed by atoms with Crippen molar-refractivity contribution >= 4 is 11.9 Å². The monoisotopic (exact) mass is 309 g/mol. The Morgan fingerprint density at radius 1 is 1.32 bits per heavy atom. The molecule has 6 nitrogen and oxygen atoms in total. The fourth-order valence-corrected chi connectivity index (χ4v) is 2.47. The maximum atomic E-state index is 12.4. The molecule has 0 unspecified atom stereocenters. The van der Waals surface area contributed by atoms with Gasteiger partial charge in [0.2, 0.25) is 5.91 Å². The van der Waals surface area contributed by atoms with Crippen molar-refractivity contribution in [1.29, 1.82) is 0 Å². The zero-order valence-corrected chi connectivity index (χ0v) is 14.2. The van der Waals surface area contributed by atoms with Gasteiger partial charge in [-0.1, -0.05) is 13.8 Å². The Morgan fingerprint density at radius 2 is 1.95 bits per heavy atom. The van der Waals surface area contributed by atoms with Gasteiger partial charge in [0, 0.05) is 30.9 Å². The number of hydrogen-bond donors (Lipinski definition) is 1. The van der Waals surface area contributed by atoms with Gasteiger partial charge in [-0.2, -0.15) is 5.10 Å². The van der Waals surface area contributed by atoms with Gasteiger partial charge >= 0.3 is 5.97 Å². The van der Waals surface area contributed by atoms with Gasteiger partial charge in [0.05, 0.1) is 18.5 Å². The van der Waals surface area contributed by atoms with Crippen molar-refractivity contribution in [3.8, 4) is 0 Å². The van der Waals surface area contributed by atoms with Gasteiger partial charge in [-0.05, 0) is 26.7 Å². The summed E-state index contributed by atoms with van der Waals surface area (Å²) in [4.78, 5) is 24.6. The Balaban J connectivity index is 2.82. The first kappa shape index (κ1) is 18.2. The minimum Gasteiger partial charge on any atom is -0.481 e. The molecule has 0 bridgehead atoms. The van der Waals surface area contributed by atoms with E-state index in [1.807, 2.05) is 25.5 Å². The zero-order chi connectivity index (χ0) is 16.9. The average Bonchev–Trinajstić information content (AvgIpc) is 2.66. The first-order valence-electron chi connectivity index (χ1n) is 7.78. The minimum atomic E-state index is -0.886. The summed E-state index contributed by atoms with van der Waals surface area (Å²) in [6.07, 6.45) is 0.257. The SMILES string of the molecule is CCN(CCC(=O)O)C(=O)Cc1c(C)nn(CC(C)C)c1C. The third-order valence-corrected chi connectivity index (χ3v) is 3.73. The van der Waals surface area contributed by atoms with Crippen LogP contribution in [0, 0.1) is 19.8 Å². The van der Waals surface area contributed by atoms with Crippen LogP contribution in [0.3, 0.4) is 0 Å². The number of carboxylic acid groups (broad SMARTS) is 1. The third-order valence-electron chi connectivity index (χ3n) is 3.73. The molecular weight excluding hydrogens is 282 g/mol. The average molecular weight is 309 g/mol. The molecule has 0 radical (unpaired) electrons. The second kappa shape index (κ2) is 7.96. The van der Waals surface area contributed by atoms with Crippen LogP contribution in [0.25, 0.3) is 0 Å². The highest BCUT2D eigenvalue weighted by atomic mass is 16.4. The fourth-order valence-electron chi connectivity index (χ4n) is 2.47. The van der Waals surface area contributed by atoms with Crippen molar-refractivity contribution in [2.24, 2.45) is 5.92 Å². The van der Waals surface area contributed by atoms with Gasteiger partial charge in [-0.3, -0.25) is 14.3 Å². The molecule has 1 rings (SSSR count). The lowest BCUT2D eigenvalue weighted by Gasteiger charge is -2.20. The Labute approximate surface area is 132 Å². The van der Waals surface area contributed by atoms with E-state index in [0.717, 1.165) is 23.5 Å². The first-order valence-corrected chi connectivity index (χ1v) is 7.78. The van der Waals surface area contributed by atoms with Crippen molar-refractivity contribution in [3.63, 3.8) is 0 Å². The lowest BCUT2D eigenvalue weighted by atomic mass is 10.1. The number of aliphatic carboxylic acids is 1. The molecule has 6 heteroatoms. The van der Waals surface area contributed by atoms with Crippen LogP contribution in [0.15, 0.2) is 0 Å². The number of carbonyl (C=O) groups is 2. The second-order valence-corrected chi connectivity index (χ2v) is 6.02. The maximum Gasteiger partial charge on any atom is 0.305 e. The largest absolute Gasteiger partial charge is 0.481 e. The Hall–Kier alpha value is -1.85.